The van der Waals surface area contributed by atoms with E-state index in [1.165, 1.54) is 0 Å². The number of rotatable bonds is 4. The molecule has 0 saturated carbocycles. The molecule has 1 heterocycles. The van der Waals surface area contributed by atoms with Crippen LogP contribution in [0, 0.1) is 6.92 Å². The number of likely N-dealkylation sites (N-methyl/N-ethyl adjacent to an activating group) is 1. The Morgan fingerprint density at radius 3 is 2.76 bits per heavy atom. The molecule has 0 aliphatic heterocycles. The van der Waals surface area contributed by atoms with E-state index >= 15 is 0 Å². The molecule has 1 aromatic carbocycles. The molecule has 0 aliphatic rings. The second-order valence-electron chi connectivity index (χ2n) is 3.95. The van der Waals surface area contributed by atoms with Crippen LogP contribution >= 0.6 is 22.9 Å². The molecule has 2 rings (SSSR count). The van der Waals surface area contributed by atoms with Gasteiger partial charge in [-0.1, -0.05) is 29.8 Å². The molecule has 0 aliphatic carbocycles. The normalized spacial score (nSPS) is 12.6. The predicted octanol–water partition coefficient (Wildman–Crippen LogP) is 3.61. The van der Waals surface area contributed by atoms with Gasteiger partial charge < -0.3 is 5.32 Å². The van der Waals surface area contributed by atoms with Crippen LogP contribution in [0.2, 0.25) is 5.02 Å². The molecule has 0 fully saturated rings. The highest BCUT2D eigenvalue weighted by Gasteiger charge is 2.14. The van der Waals surface area contributed by atoms with Crippen molar-refractivity contribution in [2.24, 2.45) is 0 Å². The number of thiazole rings is 1. The van der Waals surface area contributed by atoms with E-state index in [9.17, 15) is 0 Å². The summed E-state index contributed by atoms with van der Waals surface area (Å²) in [6.07, 6.45) is 0.874. The number of benzene rings is 1. The summed E-state index contributed by atoms with van der Waals surface area (Å²) < 4.78 is 0. The van der Waals surface area contributed by atoms with Gasteiger partial charge in [0.15, 0.2) is 0 Å². The first-order valence-corrected chi connectivity index (χ1v) is 6.79. The van der Waals surface area contributed by atoms with Crippen molar-refractivity contribution >= 4 is 22.9 Å². The van der Waals surface area contributed by atoms with E-state index < -0.39 is 0 Å². The summed E-state index contributed by atoms with van der Waals surface area (Å²) in [6.45, 7) is 2.02. The predicted molar refractivity (Wildman–Crippen MR) is 73.8 cm³/mol. The van der Waals surface area contributed by atoms with Crippen molar-refractivity contribution in [2.45, 2.75) is 19.4 Å². The van der Waals surface area contributed by atoms with E-state index in [0.717, 1.165) is 27.7 Å². The number of nitrogens with zero attached hydrogens (tertiary/aromatic N) is 1. The molecule has 1 unspecified atom stereocenters. The second-order valence-corrected chi connectivity index (χ2v) is 5.30. The fourth-order valence-corrected chi connectivity index (χ4v) is 2.88. The van der Waals surface area contributed by atoms with Gasteiger partial charge in [0, 0.05) is 28.6 Å². The Balaban J connectivity index is 2.20. The average molecular weight is 267 g/mol. The highest BCUT2D eigenvalue weighted by molar-refractivity contribution is 7.09. The zero-order valence-corrected chi connectivity index (χ0v) is 11.5. The summed E-state index contributed by atoms with van der Waals surface area (Å²) in [7, 11) is 1.95. The van der Waals surface area contributed by atoms with E-state index in [4.69, 9.17) is 11.6 Å². The van der Waals surface area contributed by atoms with Gasteiger partial charge in [0.1, 0.15) is 0 Å². The number of nitrogens with one attached hydrogen (secondary N) is 1. The molecule has 17 heavy (non-hydrogen) atoms. The molecular formula is C13H15ClN2S. The van der Waals surface area contributed by atoms with Crippen molar-refractivity contribution in [3.05, 3.63) is 50.9 Å². The number of halogens is 1. The minimum absolute atomic E-state index is 0.217. The molecule has 4 heteroatoms. The fourth-order valence-electron chi connectivity index (χ4n) is 1.80. The summed E-state index contributed by atoms with van der Waals surface area (Å²) in [5.74, 6) is 0. The quantitative estimate of drug-likeness (QED) is 0.915. The van der Waals surface area contributed by atoms with Gasteiger partial charge in [0.25, 0.3) is 0 Å². The Morgan fingerprint density at radius 2 is 2.18 bits per heavy atom. The van der Waals surface area contributed by atoms with Gasteiger partial charge in [-0.3, -0.25) is 0 Å². The lowest BCUT2D eigenvalue weighted by Crippen LogP contribution is -2.19. The van der Waals surface area contributed by atoms with E-state index in [-0.39, 0.29) is 6.04 Å². The van der Waals surface area contributed by atoms with Crippen molar-refractivity contribution < 1.29 is 0 Å². The summed E-state index contributed by atoms with van der Waals surface area (Å²) in [5.41, 5.74) is 2.21. The summed E-state index contributed by atoms with van der Waals surface area (Å²) in [6, 6.07) is 8.16. The van der Waals surface area contributed by atoms with Crippen LogP contribution in [0.15, 0.2) is 29.6 Å². The lowest BCUT2D eigenvalue weighted by atomic mass is 10.0. The molecule has 1 aromatic heterocycles. The van der Waals surface area contributed by atoms with Gasteiger partial charge in [-0.2, -0.15) is 0 Å². The van der Waals surface area contributed by atoms with E-state index in [1.54, 1.807) is 11.3 Å². The van der Waals surface area contributed by atoms with Crippen LogP contribution < -0.4 is 5.32 Å². The van der Waals surface area contributed by atoms with Gasteiger partial charge in [0.05, 0.1) is 5.01 Å². The summed E-state index contributed by atoms with van der Waals surface area (Å²) >= 11 is 7.91. The highest BCUT2D eigenvalue weighted by atomic mass is 35.5. The number of hydrogen-bond donors (Lipinski definition) is 1. The maximum atomic E-state index is 6.21. The molecule has 2 nitrogen and oxygen atoms in total. The molecule has 90 valence electrons. The van der Waals surface area contributed by atoms with E-state index in [1.807, 2.05) is 32.2 Å². The van der Waals surface area contributed by atoms with Crippen molar-refractivity contribution in [1.82, 2.24) is 10.3 Å². The van der Waals surface area contributed by atoms with Crippen LogP contribution in [-0.4, -0.2) is 12.0 Å². The van der Waals surface area contributed by atoms with Gasteiger partial charge in [-0.15, -0.1) is 11.3 Å². The Hall–Kier alpha value is -0.900. The maximum absolute atomic E-state index is 6.21. The number of hydrogen-bond acceptors (Lipinski definition) is 3. The largest absolute Gasteiger partial charge is 0.313 e. The average Bonchev–Trinajstić information content (AvgIpc) is 2.73. The molecular weight excluding hydrogens is 252 g/mol. The lowest BCUT2D eigenvalue weighted by Gasteiger charge is -2.16. The van der Waals surface area contributed by atoms with Crippen LogP contribution in [0.5, 0.6) is 0 Å². The van der Waals surface area contributed by atoms with Crippen molar-refractivity contribution in [1.29, 1.82) is 0 Å². The van der Waals surface area contributed by atoms with Crippen LogP contribution in [-0.2, 0) is 6.42 Å². The molecule has 1 atom stereocenters. The van der Waals surface area contributed by atoms with E-state index in [2.05, 4.69) is 21.7 Å². The van der Waals surface area contributed by atoms with E-state index in [0.29, 0.717) is 0 Å². The Bertz CT molecular complexity index is 496. The molecule has 1 N–H and O–H groups in total. The molecule has 0 spiro atoms. The first-order chi connectivity index (χ1) is 8.20. The minimum Gasteiger partial charge on any atom is -0.313 e. The monoisotopic (exact) mass is 266 g/mol. The first kappa shape index (κ1) is 12.6. The summed E-state index contributed by atoms with van der Waals surface area (Å²) in [4.78, 5) is 4.49. The van der Waals surface area contributed by atoms with Crippen LogP contribution in [0.3, 0.4) is 0 Å². The van der Waals surface area contributed by atoms with Gasteiger partial charge in [-0.05, 0) is 25.6 Å². The summed E-state index contributed by atoms with van der Waals surface area (Å²) in [5, 5.41) is 7.32. The van der Waals surface area contributed by atoms with Crippen LogP contribution in [0.4, 0.5) is 0 Å². The molecule has 0 saturated heterocycles. The molecule has 0 radical (unpaired) electrons. The highest BCUT2D eigenvalue weighted by Crippen LogP contribution is 2.26. The molecule has 0 amide bonds. The zero-order chi connectivity index (χ0) is 12.3. The Kier molecular flexibility index (Phi) is 4.15. The standard InChI is InChI=1S/C13H15ClN2S/c1-9-8-17-13(16-9)7-12(15-2)10-5-3-4-6-11(10)14/h3-6,8,12,15H,7H2,1-2H3. The SMILES string of the molecule is CNC(Cc1nc(C)cs1)c1ccccc1Cl. The lowest BCUT2D eigenvalue weighted by molar-refractivity contribution is 0.590. The minimum atomic E-state index is 0.217. The Labute approximate surface area is 111 Å². The third-order valence-corrected chi connectivity index (χ3v) is 4.01. The molecule has 0 bridgehead atoms. The number of aromatic nitrogens is 1. The van der Waals surface area contributed by atoms with Gasteiger partial charge in [-0.25, -0.2) is 4.98 Å². The Morgan fingerprint density at radius 1 is 1.41 bits per heavy atom. The zero-order valence-electron chi connectivity index (χ0n) is 9.90. The van der Waals surface area contributed by atoms with Crippen molar-refractivity contribution in [2.75, 3.05) is 7.05 Å². The second kappa shape index (κ2) is 5.63. The maximum Gasteiger partial charge on any atom is 0.0947 e. The smallest absolute Gasteiger partial charge is 0.0947 e. The first-order valence-electron chi connectivity index (χ1n) is 5.53. The third kappa shape index (κ3) is 3.06. The van der Waals surface area contributed by atoms with Gasteiger partial charge >= 0.3 is 0 Å². The van der Waals surface area contributed by atoms with Crippen molar-refractivity contribution in [3.63, 3.8) is 0 Å². The molecule has 2 aromatic rings. The van der Waals surface area contributed by atoms with Crippen molar-refractivity contribution in [3.8, 4) is 0 Å². The van der Waals surface area contributed by atoms with Crippen LogP contribution in [0.25, 0.3) is 0 Å². The van der Waals surface area contributed by atoms with Crippen LogP contribution in [0.1, 0.15) is 22.3 Å². The topological polar surface area (TPSA) is 24.9 Å². The van der Waals surface area contributed by atoms with Gasteiger partial charge in [0.2, 0.25) is 0 Å². The third-order valence-electron chi connectivity index (χ3n) is 2.67. The number of aryl methyl sites for hydroxylation is 1. The fraction of sp³-hybridized carbons (Fsp3) is 0.308.